The molecule has 0 N–H and O–H groups in total. The number of hydrogen-bond donors (Lipinski definition) is 0. The fourth-order valence-corrected chi connectivity index (χ4v) is 5.41. The van der Waals surface area contributed by atoms with Gasteiger partial charge in [-0.1, -0.05) is 32.0 Å². The molecule has 35 heavy (non-hydrogen) atoms. The van der Waals surface area contributed by atoms with E-state index in [4.69, 9.17) is 4.74 Å². The van der Waals surface area contributed by atoms with Gasteiger partial charge in [0.25, 0.3) is 5.91 Å². The third-order valence-electron chi connectivity index (χ3n) is 5.93. The summed E-state index contributed by atoms with van der Waals surface area (Å²) in [5.74, 6) is 1.72. The molecule has 9 nitrogen and oxygen atoms in total. The highest BCUT2D eigenvalue weighted by Crippen LogP contribution is 2.21. The van der Waals surface area contributed by atoms with Crippen molar-refractivity contribution >= 4 is 21.7 Å². The number of ether oxygens (including phenoxy) is 1. The zero-order chi connectivity index (χ0) is 24.8. The van der Waals surface area contributed by atoms with Crippen molar-refractivity contribution in [3.63, 3.8) is 0 Å². The number of piperazine rings is 1. The molecule has 1 saturated heterocycles. The second kappa shape index (κ2) is 10.8. The molecule has 0 spiro atoms. The molecule has 2 heterocycles. The minimum atomic E-state index is -3.55. The molecule has 2 aromatic carbocycles. The molecule has 0 bridgehead atoms. The molecule has 0 aliphatic carbocycles. The van der Waals surface area contributed by atoms with E-state index in [0.717, 1.165) is 5.82 Å². The Morgan fingerprint density at radius 1 is 0.886 bits per heavy atom. The average molecular weight is 496 g/mol. The molecule has 1 aliphatic heterocycles. The first-order valence-electron chi connectivity index (χ1n) is 11.6. The van der Waals surface area contributed by atoms with E-state index >= 15 is 0 Å². The van der Waals surface area contributed by atoms with Gasteiger partial charge in [-0.2, -0.15) is 4.31 Å². The summed E-state index contributed by atoms with van der Waals surface area (Å²) in [7, 11) is -3.55. The van der Waals surface area contributed by atoms with Gasteiger partial charge >= 0.3 is 0 Å². The molecule has 184 valence electrons. The van der Waals surface area contributed by atoms with E-state index in [2.05, 4.69) is 15.1 Å². The number of nitrogens with zero attached hydrogens (tertiary/aromatic N) is 5. The Hall–Kier alpha value is -3.50. The van der Waals surface area contributed by atoms with E-state index in [9.17, 15) is 13.2 Å². The number of sulfonamides is 1. The first kappa shape index (κ1) is 24.6. The summed E-state index contributed by atoms with van der Waals surface area (Å²) in [4.78, 5) is 17.0. The van der Waals surface area contributed by atoms with Crippen LogP contribution in [0.4, 0.5) is 5.82 Å². The van der Waals surface area contributed by atoms with Crippen molar-refractivity contribution < 1.29 is 17.9 Å². The number of aromatic nitrogens is 2. The molecule has 1 aromatic heterocycles. The number of benzene rings is 2. The number of para-hydroxylation sites is 1. The minimum absolute atomic E-state index is 0.117. The van der Waals surface area contributed by atoms with Crippen LogP contribution in [0.2, 0.25) is 0 Å². The van der Waals surface area contributed by atoms with Crippen molar-refractivity contribution in [1.29, 1.82) is 0 Å². The minimum Gasteiger partial charge on any atom is -0.438 e. The van der Waals surface area contributed by atoms with E-state index in [-0.39, 0.29) is 10.8 Å². The number of anilines is 1. The van der Waals surface area contributed by atoms with E-state index in [0.29, 0.717) is 56.5 Å². The Bertz CT molecular complexity index is 1220. The Morgan fingerprint density at radius 2 is 1.54 bits per heavy atom. The number of hydrogen-bond acceptors (Lipinski definition) is 7. The normalized spacial score (nSPS) is 14.3. The zero-order valence-electron chi connectivity index (χ0n) is 19.9. The number of carbonyl (C=O) groups is 1. The molecule has 0 atom stereocenters. The lowest BCUT2D eigenvalue weighted by Gasteiger charge is -2.35. The third-order valence-corrected chi connectivity index (χ3v) is 7.99. The first-order valence-corrected chi connectivity index (χ1v) is 13.1. The van der Waals surface area contributed by atoms with Gasteiger partial charge in [-0.15, -0.1) is 10.2 Å². The van der Waals surface area contributed by atoms with Crippen molar-refractivity contribution in [1.82, 2.24) is 19.4 Å². The summed E-state index contributed by atoms with van der Waals surface area (Å²) >= 11 is 0. The Labute approximate surface area is 206 Å². The van der Waals surface area contributed by atoms with Gasteiger partial charge in [0.15, 0.2) is 5.82 Å². The van der Waals surface area contributed by atoms with Crippen molar-refractivity contribution in [2.45, 2.75) is 18.7 Å². The summed E-state index contributed by atoms with van der Waals surface area (Å²) in [6, 6.07) is 19.2. The van der Waals surface area contributed by atoms with Crippen LogP contribution in [0.25, 0.3) is 0 Å². The quantitative estimate of drug-likeness (QED) is 0.473. The van der Waals surface area contributed by atoms with Crippen molar-refractivity contribution in [3.8, 4) is 11.6 Å². The zero-order valence-corrected chi connectivity index (χ0v) is 20.7. The predicted molar refractivity (Wildman–Crippen MR) is 133 cm³/mol. The second-order valence-corrected chi connectivity index (χ2v) is 9.98. The van der Waals surface area contributed by atoms with Gasteiger partial charge in [-0.25, -0.2) is 8.42 Å². The summed E-state index contributed by atoms with van der Waals surface area (Å²) in [6.07, 6.45) is 0. The van der Waals surface area contributed by atoms with Gasteiger partial charge in [0.1, 0.15) is 5.75 Å². The highest BCUT2D eigenvalue weighted by molar-refractivity contribution is 7.89. The lowest BCUT2D eigenvalue weighted by molar-refractivity contribution is 0.0746. The number of rotatable bonds is 8. The van der Waals surface area contributed by atoms with Crippen LogP contribution >= 0.6 is 0 Å². The van der Waals surface area contributed by atoms with E-state index < -0.39 is 10.0 Å². The van der Waals surface area contributed by atoms with Crippen LogP contribution < -0.4 is 9.64 Å². The SMILES string of the molecule is CCN(CC)S(=O)(=O)c1ccc(C(=O)N2CCN(c3ccc(Oc4ccccc4)nn3)CC2)cc1. The molecule has 0 unspecified atom stereocenters. The molecule has 1 fully saturated rings. The van der Waals surface area contributed by atoms with Gasteiger partial charge in [0, 0.05) is 50.9 Å². The molecule has 3 aromatic rings. The van der Waals surface area contributed by atoms with Crippen molar-refractivity contribution in [2.24, 2.45) is 0 Å². The predicted octanol–water partition coefficient (Wildman–Crippen LogP) is 3.26. The fraction of sp³-hybridized carbons (Fsp3) is 0.320. The van der Waals surface area contributed by atoms with Crippen LogP contribution in [0, 0.1) is 0 Å². The third kappa shape index (κ3) is 5.60. The number of carbonyl (C=O) groups excluding carboxylic acids is 1. The summed E-state index contributed by atoms with van der Waals surface area (Å²) in [6.45, 7) is 6.70. The molecule has 0 saturated carbocycles. The van der Waals surface area contributed by atoms with Crippen LogP contribution in [0.5, 0.6) is 11.6 Å². The smallest absolute Gasteiger partial charge is 0.253 e. The monoisotopic (exact) mass is 495 g/mol. The molecular weight excluding hydrogens is 466 g/mol. The second-order valence-electron chi connectivity index (χ2n) is 8.04. The Balaban J connectivity index is 1.34. The largest absolute Gasteiger partial charge is 0.438 e. The van der Waals surface area contributed by atoms with Gasteiger partial charge < -0.3 is 14.5 Å². The van der Waals surface area contributed by atoms with Crippen LogP contribution in [-0.2, 0) is 10.0 Å². The van der Waals surface area contributed by atoms with E-state index in [1.807, 2.05) is 36.4 Å². The molecule has 0 radical (unpaired) electrons. The van der Waals surface area contributed by atoms with Gasteiger partial charge in [-0.05, 0) is 42.5 Å². The van der Waals surface area contributed by atoms with Crippen LogP contribution in [0.15, 0.2) is 71.6 Å². The number of amides is 1. The Kier molecular flexibility index (Phi) is 7.62. The first-order chi connectivity index (χ1) is 16.9. The standard InChI is InChI=1S/C25H29N5O4S/c1-3-30(4-2)35(32,33)22-12-10-20(11-13-22)25(31)29-18-16-28(17-19-29)23-14-15-24(27-26-23)34-21-8-6-5-7-9-21/h5-15H,3-4,16-19H2,1-2H3. The van der Waals surface area contributed by atoms with E-state index in [1.54, 1.807) is 36.9 Å². The van der Waals surface area contributed by atoms with E-state index in [1.165, 1.54) is 16.4 Å². The average Bonchev–Trinajstić information content (AvgIpc) is 2.90. The summed E-state index contributed by atoms with van der Waals surface area (Å²) in [5.41, 5.74) is 0.471. The molecule has 1 aliphatic rings. The Morgan fingerprint density at radius 3 is 2.11 bits per heavy atom. The van der Waals surface area contributed by atoms with Crippen LogP contribution in [-0.4, -0.2) is 73.0 Å². The molecule has 4 rings (SSSR count). The fourth-order valence-electron chi connectivity index (χ4n) is 3.95. The summed E-state index contributed by atoms with van der Waals surface area (Å²) < 4.78 is 32.4. The summed E-state index contributed by atoms with van der Waals surface area (Å²) in [5, 5.41) is 8.43. The maximum absolute atomic E-state index is 13.0. The van der Waals surface area contributed by atoms with Crippen molar-refractivity contribution in [3.05, 3.63) is 72.3 Å². The highest BCUT2D eigenvalue weighted by atomic mass is 32.2. The lowest BCUT2D eigenvalue weighted by atomic mass is 10.2. The highest BCUT2D eigenvalue weighted by Gasteiger charge is 2.25. The maximum Gasteiger partial charge on any atom is 0.253 e. The van der Waals surface area contributed by atoms with Gasteiger partial charge in [0.2, 0.25) is 15.9 Å². The van der Waals surface area contributed by atoms with Crippen molar-refractivity contribution in [2.75, 3.05) is 44.2 Å². The molecule has 10 heteroatoms. The molecular formula is C25H29N5O4S. The maximum atomic E-state index is 13.0. The van der Waals surface area contributed by atoms with Crippen LogP contribution in [0.1, 0.15) is 24.2 Å². The topological polar surface area (TPSA) is 95.9 Å². The van der Waals surface area contributed by atoms with Gasteiger partial charge in [-0.3, -0.25) is 4.79 Å². The van der Waals surface area contributed by atoms with Gasteiger partial charge in [0.05, 0.1) is 4.90 Å². The molecule has 1 amide bonds. The lowest BCUT2D eigenvalue weighted by Crippen LogP contribution is -2.49. The van der Waals surface area contributed by atoms with Crippen LogP contribution in [0.3, 0.4) is 0 Å².